The van der Waals surface area contributed by atoms with Crippen molar-refractivity contribution in [3.8, 4) is 22.3 Å². The second-order valence-electron chi connectivity index (χ2n) is 14.0. The van der Waals surface area contributed by atoms with Gasteiger partial charge in [0.15, 0.2) is 0 Å². The van der Waals surface area contributed by atoms with Crippen LogP contribution in [0.1, 0.15) is 36.1 Å². The fourth-order valence-corrected chi connectivity index (χ4v) is 8.05. The maximum absolute atomic E-state index is 2.45. The first-order valence-electron chi connectivity index (χ1n) is 16.9. The standard InChI is InChI=1S/C47H37N/c1-30-10-7-14-36(24-30)48(37-15-8-11-31(2)25-37)38-21-23-42-41-22-20-35(28-45(41)47(3,4)46(42)29-38)40-17-9-13-33-26-44-34(27-43(33)40)19-18-32-12-5-6-16-39(32)44/h5-29H,1-4H3. The average Bonchev–Trinajstić information content (AvgIpc) is 3.32. The van der Waals surface area contributed by atoms with Crippen LogP contribution in [0.2, 0.25) is 0 Å². The van der Waals surface area contributed by atoms with Crippen molar-refractivity contribution < 1.29 is 0 Å². The van der Waals surface area contributed by atoms with Gasteiger partial charge in [0, 0.05) is 22.5 Å². The molecule has 0 saturated heterocycles. The Balaban J connectivity index is 1.16. The smallest absolute Gasteiger partial charge is 0.0465 e. The highest BCUT2D eigenvalue weighted by atomic mass is 15.1. The lowest BCUT2D eigenvalue weighted by Crippen LogP contribution is -2.16. The Morgan fingerprint density at radius 2 is 0.979 bits per heavy atom. The summed E-state index contributed by atoms with van der Waals surface area (Å²) in [6.07, 6.45) is 0. The number of hydrogen-bond donors (Lipinski definition) is 0. The van der Waals surface area contributed by atoms with E-state index >= 15 is 0 Å². The van der Waals surface area contributed by atoms with Gasteiger partial charge in [0.1, 0.15) is 0 Å². The topological polar surface area (TPSA) is 3.24 Å². The number of rotatable bonds is 4. The Morgan fingerprint density at radius 3 is 1.73 bits per heavy atom. The molecule has 0 saturated carbocycles. The quantitative estimate of drug-likeness (QED) is 0.141. The number of nitrogens with zero attached hydrogens (tertiary/aromatic N) is 1. The summed E-state index contributed by atoms with van der Waals surface area (Å²) < 4.78 is 0. The summed E-state index contributed by atoms with van der Waals surface area (Å²) in [5.74, 6) is 0. The molecular formula is C47H37N. The van der Waals surface area contributed by atoms with Crippen LogP contribution in [0.5, 0.6) is 0 Å². The Bertz CT molecular complexity index is 2520. The van der Waals surface area contributed by atoms with Gasteiger partial charge < -0.3 is 4.90 Å². The Hall–Kier alpha value is -5.66. The number of aryl methyl sites for hydroxylation is 2. The molecule has 0 spiro atoms. The van der Waals surface area contributed by atoms with Crippen LogP contribution in [-0.4, -0.2) is 0 Å². The Morgan fingerprint density at radius 1 is 0.396 bits per heavy atom. The lowest BCUT2D eigenvalue weighted by Gasteiger charge is -2.28. The molecule has 0 aromatic heterocycles. The predicted molar refractivity (Wildman–Crippen MR) is 206 cm³/mol. The number of fused-ring (bicyclic) bond motifs is 7. The molecule has 48 heavy (non-hydrogen) atoms. The van der Waals surface area contributed by atoms with Crippen molar-refractivity contribution >= 4 is 49.4 Å². The van der Waals surface area contributed by atoms with E-state index in [0.717, 1.165) is 0 Å². The summed E-state index contributed by atoms with van der Waals surface area (Å²) in [5.41, 5.74) is 13.8. The molecule has 0 unspecified atom stereocenters. The van der Waals surface area contributed by atoms with Gasteiger partial charge in [-0.25, -0.2) is 0 Å². The van der Waals surface area contributed by atoms with Crippen LogP contribution in [0.3, 0.4) is 0 Å². The SMILES string of the molecule is Cc1cccc(N(c2cccc(C)c2)c2ccc3c(c2)C(C)(C)c2cc(-c4cccc5cc6c(ccc7ccccc76)cc45)ccc2-3)c1. The highest BCUT2D eigenvalue weighted by Crippen LogP contribution is 2.52. The van der Waals surface area contributed by atoms with E-state index in [4.69, 9.17) is 0 Å². The van der Waals surface area contributed by atoms with Crippen LogP contribution in [-0.2, 0) is 5.41 Å². The molecule has 1 nitrogen and oxygen atoms in total. The van der Waals surface area contributed by atoms with E-state index in [0.29, 0.717) is 0 Å². The highest BCUT2D eigenvalue weighted by molar-refractivity contribution is 6.14. The zero-order chi connectivity index (χ0) is 32.6. The van der Waals surface area contributed by atoms with Crippen LogP contribution in [0.15, 0.2) is 152 Å². The van der Waals surface area contributed by atoms with E-state index in [1.54, 1.807) is 0 Å². The predicted octanol–water partition coefficient (Wildman–Crippen LogP) is 13.2. The van der Waals surface area contributed by atoms with Gasteiger partial charge in [0.2, 0.25) is 0 Å². The molecular weight excluding hydrogens is 579 g/mol. The molecule has 0 aliphatic heterocycles. The minimum absolute atomic E-state index is 0.155. The largest absolute Gasteiger partial charge is 0.310 e. The van der Waals surface area contributed by atoms with Gasteiger partial charge in [-0.15, -0.1) is 0 Å². The minimum Gasteiger partial charge on any atom is -0.310 e. The molecule has 0 radical (unpaired) electrons. The second kappa shape index (κ2) is 10.7. The molecule has 9 rings (SSSR count). The highest BCUT2D eigenvalue weighted by Gasteiger charge is 2.36. The minimum atomic E-state index is -0.155. The molecule has 8 aromatic rings. The summed E-state index contributed by atoms with van der Waals surface area (Å²) in [4.78, 5) is 2.40. The molecule has 0 atom stereocenters. The van der Waals surface area contributed by atoms with Gasteiger partial charge >= 0.3 is 0 Å². The number of hydrogen-bond acceptors (Lipinski definition) is 1. The van der Waals surface area contributed by atoms with Crippen LogP contribution in [0.25, 0.3) is 54.6 Å². The van der Waals surface area contributed by atoms with Gasteiger partial charge in [-0.1, -0.05) is 111 Å². The summed E-state index contributed by atoms with van der Waals surface area (Å²) in [6, 6.07) is 56.5. The van der Waals surface area contributed by atoms with Crippen molar-refractivity contribution in [1.82, 2.24) is 0 Å². The van der Waals surface area contributed by atoms with Crippen molar-refractivity contribution in [2.24, 2.45) is 0 Å². The van der Waals surface area contributed by atoms with Crippen LogP contribution in [0.4, 0.5) is 17.1 Å². The van der Waals surface area contributed by atoms with E-state index < -0.39 is 0 Å². The Kier molecular flexibility index (Phi) is 6.36. The fourth-order valence-electron chi connectivity index (χ4n) is 8.05. The van der Waals surface area contributed by atoms with Gasteiger partial charge in [-0.2, -0.15) is 0 Å². The average molecular weight is 616 g/mol. The molecule has 230 valence electrons. The first-order valence-corrected chi connectivity index (χ1v) is 16.9. The molecule has 0 amide bonds. The lowest BCUT2D eigenvalue weighted by molar-refractivity contribution is 0.660. The van der Waals surface area contributed by atoms with Gasteiger partial charge in [0.25, 0.3) is 0 Å². The second-order valence-corrected chi connectivity index (χ2v) is 14.0. The van der Waals surface area contributed by atoms with Crippen molar-refractivity contribution in [2.75, 3.05) is 4.90 Å². The van der Waals surface area contributed by atoms with E-state index in [-0.39, 0.29) is 5.41 Å². The molecule has 0 bridgehead atoms. The van der Waals surface area contributed by atoms with Gasteiger partial charge in [0.05, 0.1) is 0 Å². The summed E-state index contributed by atoms with van der Waals surface area (Å²) in [6.45, 7) is 9.10. The Labute approximate surface area is 282 Å². The summed E-state index contributed by atoms with van der Waals surface area (Å²) in [7, 11) is 0. The number of anilines is 3. The summed E-state index contributed by atoms with van der Waals surface area (Å²) in [5, 5.41) is 7.75. The maximum Gasteiger partial charge on any atom is 0.0465 e. The van der Waals surface area contributed by atoms with E-state index in [9.17, 15) is 0 Å². The molecule has 1 aliphatic rings. The fraction of sp³-hybridized carbons (Fsp3) is 0.106. The lowest BCUT2D eigenvalue weighted by atomic mass is 9.81. The van der Waals surface area contributed by atoms with Crippen molar-refractivity contribution in [1.29, 1.82) is 0 Å². The van der Waals surface area contributed by atoms with E-state index in [2.05, 4.69) is 184 Å². The molecule has 8 aromatic carbocycles. The van der Waals surface area contributed by atoms with Crippen molar-refractivity contribution in [3.05, 3.63) is 174 Å². The zero-order valence-corrected chi connectivity index (χ0v) is 27.9. The monoisotopic (exact) mass is 615 g/mol. The van der Waals surface area contributed by atoms with Crippen LogP contribution >= 0.6 is 0 Å². The maximum atomic E-state index is 2.45. The van der Waals surface area contributed by atoms with Gasteiger partial charge in [-0.3, -0.25) is 0 Å². The van der Waals surface area contributed by atoms with Crippen LogP contribution < -0.4 is 4.90 Å². The third kappa shape index (κ3) is 4.46. The number of benzene rings is 8. The van der Waals surface area contributed by atoms with Crippen molar-refractivity contribution in [3.63, 3.8) is 0 Å². The van der Waals surface area contributed by atoms with Gasteiger partial charge in [-0.05, 0) is 145 Å². The molecule has 1 heteroatoms. The third-order valence-corrected chi connectivity index (χ3v) is 10.5. The zero-order valence-electron chi connectivity index (χ0n) is 27.9. The van der Waals surface area contributed by atoms with Crippen molar-refractivity contribution in [2.45, 2.75) is 33.1 Å². The molecule has 1 aliphatic carbocycles. The first-order chi connectivity index (χ1) is 23.3. The van der Waals surface area contributed by atoms with E-state index in [1.807, 2.05) is 0 Å². The molecule has 0 fully saturated rings. The normalized spacial score (nSPS) is 13.2. The first kappa shape index (κ1) is 28.6. The van der Waals surface area contributed by atoms with Crippen LogP contribution in [0, 0.1) is 13.8 Å². The summed E-state index contributed by atoms with van der Waals surface area (Å²) >= 11 is 0. The third-order valence-electron chi connectivity index (χ3n) is 10.5. The van der Waals surface area contributed by atoms with E-state index in [1.165, 1.54) is 93.9 Å². The molecule has 0 heterocycles. The molecule has 0 N–H and O–H groups in total.